The second-order valence-electron chi connectivity index (χ2n) is 8.41. The Morgan fingerprint density at radius 1 is 1.03 bits per heavy atom. The fourth-order valence-corrected chi connectivity index (χ4v) is 3.92. The highest BCUT2D eigenvalue weighted by Gasteiger charge is 2.56. The minimum absolute atomic E-state index is 0.101. The summed E-state index contributed by atoms with van der Waals surface area (Å²) in [5.41, 5.74) is 3.34. The van der Waals surface area contributed by atoms with Gasteiger partial charge in [0.15, 0.2) is 0 Å². The molecule has 1 aliphatic rings. The fraction of sp³-hybridized carbons (Fsp3) is 0.429. The lowest BCUT2D eigenvalue weighted by molar-refractivity contribution is -0.142. The molecule has 1 unspecified atom stereocenters. The van der Waals surface area contributed by atoms with Gasteiger partial charge in [-0.05, 0) is 56.0 Å². The summed E-state index contributed by atoms with van der Waals surface area (Å²) >= 11 is 0. The largest absolute Gasteiger partial charge is 0.481 e. The van der Waals surface area contributed by atoms with E-state index in [0.717, 1.165) is 22.3 Å². The Hall–Kier alpha value is -3.68. The maximum absolute atomic E-state index is 13.5. The zero-order valence-electron chi connectivity index (χ0n) is 22.5. The van der Waals surface area contributed by atoms with E-state index >= 15 is 0 Å². The fourth-order valence-electron chi connectivity index (χ4n) is 3.92. The highest BCUT2D eigenvalue weighted by molar-refractivity contribution is 6.21. The quantitative estimate of drug-likeness (QED) is 0.317. The van der Waals surface area contributed by atoms with E-state index in [-0.39, 0.29) is 31.1 Å². The van der Waals surface area contributed by atoms with E-state index in [4.69, 9.17) is 5.11 Å². The number of carboxylic acid groups (broad SMARTS) is 1. The van der Waals surface area contributed by atoms with Gasteiger partial charge in [0.05, 0.1) is 18.7 Å². The number of likely N-dealkylation sites (tertiary alicyclic amines) is 1. The Bertz CT molecular complexity index is 1160. The lowest BCUT2D eigenvalue weighted by atomic mass is 9.73. The second kappa shape index (κ2) is 13.4. The Labute approximate surface area is 213 Å². The maximum atomic E-state index is 13.5. The number of rotatable bonds is 6. The van der Waals surface area contributed by atoms with Crippen LogP contribution in [0.4, 0.5) is 5.69 Å². The number of azo groups is 1. The van der Waals surface area contributed by atoms with Gasteiger partial charge in [0, 0.05) is 13.5 Å². The lowest BCUT2D eigenvalue weighted by Gasteiger charge is -2.27. The highest BCUT2D eigenvalue weighted by Crippen LogP contribution is 2.40. The van der Waals surface area contributed by atoms with Crippen LogP contribution in [-0.2, 0) is 31.1 Å². The number of imide groups is 1. The van der Waals surface area contributed by atoms with Gasteiger partial charge in [-0.1, -0.05) is 56.7 Å². The van der Waals surface area contributed by atoms with Crippen molar-refractivity contribution in [2.45, 2.75) is 73.3 Å². The van der Waals surface area contributed by atoms with E-state index in [1.54, 1.807) is 14.0 Å². The molecule has 1 aliphatic heterocycles. The molecule has 2 amide bonds. The van der Waals surface area contributed by atoms with E-state index < -0.39 is 17.3 Å². The van der Waals surface area contributed by atoms with Gasteiger partial charge >= 0.3 is 5.97 Å². The zero-order valence-corrected chi connectivity index (χ0v) is 22.5. The number of ketones is 1. The van der Waals surface area contributed by atoms with Gasteiger partial charge in [-0.25, -0.2) is 0 Å². The molecule has 2 aromatic rings. The van der Waals surface area contributed by atoms with Crippen LogP contribution in [0.1, 0.15) is 68.4 Å². The summed E-state index contributed by atoms with van der Waals surface area (Å²) in [6, 6.07) is 11.2. The number of amides is 2. The molecule has 2 aromatic carbocycles. The summed E-state index contributed by atoms with van der Waals surface area (Å²) in [4.78, 5) is 49.6. The van der Waals surface area contributed by atoms with Crippen molar-refractivity contribution in [2.24, 2.45) is 10.2 Å². The topological polar surface area (TPSA) is 116 Å². The molecule has 1 heterocycles. The molecule has 3 rings (SSSR count). The Morgan fingerprint density at radius 3 is 2.14 bits per heavy atom. The average molecular weight is 496 g/mol. The monoisotopic (exact) mass is 495 g/mol. The summed E-state index contributed by atoms with van der Waals surface area (Å²) in [5.74, 6) is -1.85. The number of aliphatic carboxylic acids is 1. The van der Waals surface area contributed by atoms with E-state index in [1.807, 2.05) is 71.0 Å². The minimum Gasteiger partial charge on any atom is -0.481 e. The first kappa shape index (κ1) is 30.4. The second-order valence-corrected chi connectivity index (χ2v) is 8.41. The maximum Gasteiger partial charge on any atom is 0.303 e. The number of benzene rings is 2. The molecule has 36 heavy (non-hydrogen) atoms. The SMILES string of the molecule is CC.CCC(=O)O.CN=Nc1cc(CN2C(=O)CC(C(C)=O)(c3cc(C)ccc3C)C2=O)ccc1C. The van der Waals surface area contributed by atoms with Gasteiger partial charge in [0.2, 0.25) is 11.8 Å². The van der Waals surface area contributed by atoms with Crippen LogP contribution >= 0.6 is 0 Å². The van der Waals surface area contributed by atoms with Gasteiger partial charge in [-0.3, -0.25) is 24.1 Å². The Balaban J connectivity index is 0.000000826. The molecule has 1 saturated heterocycles. The number of carbonyl (C=O) groups excluding carboxylic acids is 3. The predicted octanol–water partition coefficient (Wildman–Crippen LogP) is 5.62. The molecule has 194 valence electrons. The molecule has 0 saturated carbocycles. The van der Waals surface area contributed by atoms with Crippen molar-refractivity contribution in [3.8, 4) is 0 Å². The van der Waals surface area contributed by atoms with Crippen LogP contribution in [0.25, 0.3) is 0 Å². The molecular weight excluding hydrogens is 458 g/mol. The van der Waals surface area contributed by atoms with Crippen molar-refractivity contribution in [1.29, 1.82) is 0 Å². The number of hydrogen-bond donors (Lipinski definition) is 1. The zero-order chi connectivity index (χ0) is 27.6. The smallest absolute Gasteiger partial charge is 0.303 e. The summed E-state index contributed by atoms with van der Waals surface area (Å²) in [7, 11) is 1.59. The van der Waals surface area contributed by atoms with Gasteiger partial charge in [0.1, 0.15) is 11.2 Å². The molecule has 8 heteroatoms. The van der Waals surface area contributed by atoms with E-state index in [0.29, 0.717) is 11.3 Å². The van der Waals surface area contributed by atoms with Crippen LogP contribution < -0.4 is 0 Å². The van der Waals surface area contributed by atoms with Gasteiger partial charge in [-0.2, -0.15) is 10.2 Å². The first-order chi connectivity index (χ1) is 17.0. The number of carboxylic acids is 1. The first-order valence-electron chi connectivity index (χ1n) is 12.0. The van der Waals surface area contributed by atoms with Gasteiger partial charge in [-0.15, -0.1) is 0 Å². The number of Topliss-reactive ketones (excluding diaryl/α,β-unsaturated/α-hetero) is 1. The number of carbonyl (C=O) groups is 4. The van der Waals surface area contributed by atoms with Gasteiger partial charge in [0.25, 0.3) is 0 Å². The van der Waals surface area contributed by atoms with Crippen molar-refractivity contribution in [3.63, 3.8) is 0 Å². The van der Waals surface area contributed by atoms with Crippen LogP contribution in [-0.4, -0.2) is 40.6 Å². The molecule has 1 atom stereocenters. The molecule has 8 nitrogen and oxygen atoms in total. The molecule has 0 radical (unpaired) electrons. The molecule has 0 aromatic heterocycles. The summed E-state index contributed by atoms with van der Waals surface area (Å²) in [6.45, 7) is 12.8. The van der Waals surface area contributed by atoms with Crippen LogP contribution in [0.15, 0.2) is 46.6 Å². The van der Waals surface area contributed by atoms with Crippen molar-refractivity contribution >= 4 is 29.3 Å². The molecule has 1 fully saturated rings. The third kappa shape index (κ3) is 6.71. The van der Waals surface area contributed by atoms with Crippen LogP contribution in [0, 0.1) is 20.8 Å². The summed E-state index contributed by atoms with van der Waals surface area (Å²) < 4.78 is 0. The van der Waals surface area contributed by atoms with Crippen LogP contribution in [0.2, 0.25) is 0 Å². The molecule has 0 spiro atoms. The van der Waals surface area contributed by atoms with Crippen LogP contribution in [0.5, 0.6) is 0 Å². The summed E-state index contributed by atoms with van der Waals surface area (Å²) in [6.07, 6.45) is 0.0822. The Kier molecular flexibility index (Phi) is 11.3. The number of aryl methyl sites for hydroxylation is 3. The first-order valence-corrected chi connectivity index (χ1v) is 12.0. The number of hydrogen-bond acceptors (Lipinski definition) is 6. The third-order valence-electron chi connectivity index (χ3n) is 5.91. The van der Waals surface area contributed by atoms with Crippen molar-refractivity contribution < 1.29 is 24.3 Å². The van der Waals surface area contributed by atoms with Gasteiger partial charge < -0.3 is 5.11 Å². The molecule has 1 N–H and O–H groups in total. The molecule has 0 aliphatic carbocycles. The Morgan fingerprint density at radius 2 is 1.61 bits per heavy atom. The van der Waals surface area contributed by atoms with E-state index in [2.05, 4.69) is 10.2 Å². The van der Waals surface area contributed by atoms with Crippen molar-refractivity contribution in [1.82, 2.24) is 4.90 Å². The lowest BCUT2D eigenvalue weighted by Crippen LogP contribution is -2.43. The standard InChI is InChI=1S/C23H25N3O3.C3H6O2.C2H6/c1-14-6-7-15(2)19(10-14)23(17(4)27)12-21(28)26(22(23)29)13-18-9-8-16(3)20(11-18)25-24-5;1-2-3(4)5;1-2/h6-11H,12-13H2,1-5H3;2H2,1H3,(H,4,5);1-2H3. The molecular formula is C28H37N3O5. The minimum atomic E-state index is -1.45. The third-order valence-corrected chi connectivity index (χ3v) is 5.91. The molecule has 0 bridgehead atoms. The predicted molar refractivity (Wildman–Crippen MR) is 139 cm³/mol. The van der Waals surface area contributed by atoms with Crippen molar-refractivity contribution in [2.75, 3.05) is 7.05 Å². The highest BCUT2D eigenvalue weighted by atomic mass is 16.4. The van der Waals surface area contributed by atoms with Crippen molar-refractivity contribution in [3.05, 3.63) is 64.2 Å². The summed E-state index contributed by atoms with van der Waals surface area (Å²) in [5, 5.41) is 15.6. The normalized spacial score (nSPS) is 16.8. The average Bonchev–Trinajstić information content (AvgIpc) is 3.10. The number of nitrogens with zero attached hydrogens (tertiary/aromatic N) is 3. The van der Waals surface area contributed by atoms with Crippen LogP contribution in [0.3, 0.4) is 0 Å². The van der Waals surface area contributed by atoms with E-state index in [1.165, 1.54) is 11.8 Å². The van der Waals surface area contributed by atoms with E-state index in [9.17, 15) is 19.2 Å².